The predicted molar refractivity (Wildman–Crippen MR) is 95.5 cm³/mol. The minimum atomic E-state index is -1.04. The van der Waals surface area contributed by atoms with Crippen LogP contribution in [0.5, 0.6) is 0 Å². The number of nitrogens with zero attached hydrogens (tertiary/aromatic N) is 2. The molecular weight excluding hydrogens is 358 g/mol. The average Bonchev–Trinajstić information content (AvgIpc) is 2.85. The predicted octanol–water partition coefficient (Wildman–Crippen LogP) is 0.807. The molecule has 0 saturated carbocycles. The summed E-state index contributed by atoms with van der Waals surface area (Å²) in [6.45, 7) is 10.6. The molecule has 2 saturated heterocycles. The van der Waals surface area contributed by atoms with Crippen molar-refractivity contribution in [2.75, 3.05) is 0 Å². The van der Waals surface area contributed by atoms with Crippen LogP contribution in [-0.4, -0.2) is 71.3 Å². The summed E-state index contributed by atoms with van der Waals surface area (Å²) in [6.07, 6.45) is 1.69. The third-order valence-corrected chi connectivity index (χ3v) is 7.01. The first kappa shape index (κ1) is 19.2. The lowest BCUT2D eigenvalue weighted by Gasteiger charge is -2.44. The number of carboxylic acids is 1. The molecule has 9 heteroatoms. The van der Waals surface area contributed by atoms with Crippen molar-refractivity contribution >= 4 is 29.5 Å². The summed E-state index contributed by atoms with van der Waals surface area (Å²) >= 11 is 1.38. The van der Waals surface area contributed by atoms with Crippen LogP contribution in [0.15, 0.2) is 11.6 Å². The standard InChI is InChI=1S/C17H25N3O5S/c1-15(2)7-8(16(3,4)20(15)25)11(21)18-9-12(22)19-10(14(23)24)17(5,6)26-13(9)19/h7,9-10,13,25H,1-6H3,(H,18,21)(H,23,24). The highest BCUT2D eigenvalue weighted by atomic mass is 32.2. The van der Waals surface area contributed by atoms with Gasteiger partial charge in [0.15, 0.2) is 0 Å². The molecule has 2 fully saturated rings. The molecule has 3 atom stereocenters. The fraction of sp³-hybridized carbons (Fsp3) is 0.706. The molecule has 3 unspecified atom stereocenters. The number of hydrogen-bond donors (Lipinski definition) is 3. The molecule has 3 N–H and O–H groups in total. The molecule has 0 aliphatic carbocycles. The summed E-state index contributed by atoms with van der Waals surface area (Å²) < 4.78 is -0.637. The van der Waals surface area contributed by atoms with E-state index in [-0.39, 0.29) is 5.91 Å². The zero-order valence-corrected chi connectivity index (χ0v) is 16.5. The van der Waals surface area contributed by atoms with Crippen molar-refractivity contribution in [3.63, 3.8) is 0 Å². The van der Waals surface area contributed by atoms with E-state index < -0.39 is 45.2 Å². The number of aliphatic carboxylic acids is 1. The maximum Gasteiger partial charge on any atom is 0.327 e. The first-order chi connectivity index (χ1) is 11.7. The van der Waals surface area contributed by atoms with E-state index in [1.165, 1.54) is 16.7 Å². The Balaban J connectivity index is 1.79. The second-order valence-corrected chi connectivity index (χ2v) is 10.4. The summed E-state index contributed by atoms with van der Waals surface area (Å²) in [4.78, 5) is 38.2. The molecule has 0 bridgehead atoms. The number of thioether (sulfide) groups is 1. The smallest absolute Gasteiger partial charge is 0.327 e. The van der Waals surface area contributed by atoms with Gasteiger partial charge in [0, 0.05) is 10.3 Å². The Bertz CT molecular complexity index is 730. The van der Waals surface area contributed by atoms with E-state index in [4.69, 9.17) is 0 Å². The molecule has 0 radical (unpaired) electrons. The molecule has 0 spiro atoms. The Morgan fingerprint density at radius 2 is 1.77 bits per heavy atom. The van der Waals surface area contributed by atoms with E-state index in [9.17, 15) is 24.7 Å². The summed E-state index contributed by atoms with van der Waals surface area (Å²) in [5, 5.41) is 23.2. The molecule has 0 aromatic heterocycles. The number of rotatable bonds is 3. The Kier molecular flexibility index (Phi) is 4.03. The molecule has 3 aliphatic rings. The summed E-state index contributed by atoms with van der Waals surface area (Å²) in [5.41, 5.74) is -1.22. The Morgan fingerprint density at radius 3 is 2.23 bits per heavy atom. The molecule has 0 aromatic carbocycles. The number of hydroxylamine groups is 2. The van der Waals surface area contributed by atoms with E-state index in [1.807, 2.05) is 0 Å². The second kappa shape index (κ2) is 5.46. The lowest BCUT2D eigenvalue weighted by molar-refractivity contribution is -0.186. The molecule has 3 aliphatic heterocycles. The maximum atomic E-state index is 12.8. The minimum absolute atomic E-state index is 0.383. The van der Waals surface area contributed by atoms with Gasteiger partial charge in [0.05, 0.1) is 11.1 Å². The Hall–Kier alpha value is -1.58. The number of hydrogen-bond acceptors (Lipinski definition) is 6. The fourth-order valence-corrected chi connectivity index (χ4v) is 5.76. The highest BCUT2D eigenvalue weighted by Crippen LogP contribution is 2.51. The van der Waals surface area contributed by atoms with E-state index in [1.54, 1.807) is 47.6 Å². The van der Waals surface area contributed by atoms with Crippen molar-refractivity contribution in [3.8, 4) is 0 Å². The third kappa shape index (κ3) is 2.48. The lowest BCUT2D eigenvalue weighted by Crippen LogP contribution is -2.71. The normalized spacial score (nSPS) is 34.1. The largest absolute Gasteiger partial charge is 0.480 e. The summed E-state index contributed by atoms with van der Waals surface area (Å²) in [5.74, 6) is -1.85. The van der Waals surface area contributed by atoms with E-state index in [0.29, 0.717) is 5.57 Å². The van der Waals surface area contributed by atoms with Crippen molar-refractivity contribution in [3.05, 3.63) is 11.6 Å². The van der Waals surface area contributed by atoms with Crippen molar-refractivity contribution in [1.82, 2.24) is 15.3 Å². The molecule has 2 amide bonds. The SMILES string of the molecule is CC1(C)SC2C(NC(=O)C3=CC(C)(C)N(O)C3(C)C)C(=O)N2C1C(=O)O. The number of amides is 2. The van der Waals surface area contributed by atoms with Gasteiger partial charge in [-0.2, -0.15) is 5.06 Å². The van der Waals surface area contributed by atoms with E-state index >= 15 is 0 Å². The molecule has 0 aromatic rings. The highest BCUT2D eigenvalue weighted by molar-refractivity contribution is 8.01. The van der Waals surface area contributed by atoms with Crippen LogP contribution in [0, 0.1) is 0 Å². The van der Waals surface area contributed by atoms with Crippen LogP contribution < -0.4 is 5.32 Å². The molecule has 26 heavy (non-hydrogen) atoms. The van der Waals surface area contributed by atoms with E-state index in [2.05, 4.69) is 5.32 Å². The number of carbonyl (C=O) groups excluding carboxylic acids is 2. The van der Waals surface area contributed by atoms with Gasteiger partial charge in [0.2, 0.25) is 11.8 Å². The number of carboxylic acid groups (broad SMARTS) is 1. The van der Waals surface area contributed by atoms with Gasteiger partial charge in [-0.3, -0.25) is 9.59 Å². The van der Waals surface area contributed by atoms with Crippen LogP contribution in [-0.2, 0) is 14.4 Å². The lowest BCUT2D eigenvalue weighted by atomic mass is 9.93. The molecule has 8 nitrogen and oxygen atoms in total. The number of β-lactam (4-membered cyclic amide) rings is 1. The molecule has 144 valence electrons. The van der Waals surface area contributed by atoms with Crippen LogP contribution >= 0.6 is 11.8 Å². The first-order valence-corrected chi connectivity index (χ1v) is 9.36. The van der Waals surface area contributed by atoms with Crippen LogP contribution in [0.25, 0.3) is 0 Å². The summed E-state index contributed by atoms with van der Waals surface area (Å²) in [6, 6.07) is -1.67. The van der Waals surface area contributed by atoms with Crippen molar-refractivity contribution < 1.29 is 24.7 Å². The van der Waals surface area contributed by atoms with Gasteiger partial charge >= 0.3 is 5.97 Å². The van der Waals surface area contributed by atoms with Crippen molar-refractivity contribution in [2.24, 2.45) is 0 Å². The van der Waals surface area contributed by atoms with Crippen LogP contribution in [0.3, 0.4) is 0 Å². The number of fused-ring (bicyclic) bond motifs is 1. The van der Waals surface area contributed by atoms with Gasteiger partial charge in [0.1, 0.15) is 17.5 Å². The zero-order chi connectivity index (χ0) is 19.8. The molecular formula is C17H25N3O5S. The number of nitrogens with one attached hydrogen (secondary N) is 1. The van der Waals surface area contributed by atoms with Gasteiger partial charge in [-0.25, -0.2) is 4.79 Å². The quantitative estimate of drug-likeness (QED) is 0.619. The third-order valence-electron chi connectivity index (χ3n) is 5.44. The second-order valence-electron chi connectivity index (χ2n) is 8.63. The first-order valence-electron chi connectivity index (χ1n) is 8.48. The van der Waals surface area contributed by atoms with Gasteiger partial charge in [-0.1, -0.05) is 6.08 Å². The highest BCUT2D eigenvalue weighted by Gasteiger charge is 2.64. The van der Waals surface area contributed by atoms with Crippen LogP contribution in [0.4, 0.5) is 0 Å². The molecule has 3 rings (SSSR count). The fourth-order valence-electron chi connectivity index (χ4n) is 4.13. The van der Waals surface area contributed by atoms with Gasteiger partial charge in [0.25, 0.3) is 0 Å². The average molecular weight is 383 g/mol. The molecule has 3 heterocycles. The van der Waals surface area contributed by atoms with Crippen LogP contribution in [0.2, 0.25) is 0 Å². The van der Waals surface area contributed by atoms with Gasteiger partial charge in [-0.15, -0.1) is 11.8 Å². The Morgan fingerprint density at radius 1 is 1.19 bits per heavy atom. The zero-order valence-electron chi connectivity index (χ0n) is 15.7. The van der Waals surface area contributed by atoms with Gasteiger partial charge < -0.3 is 20.5 Å². The maximum absolute atomic E-state index is 12.8. The Labute approximate surface area is 156 Å². The monoisotopic (exact) mass is 383 g/mol. The van der Waals surface area contributed by atoms with Crippen molar-refractivity contribution in [2.45, 2.75) is 74.8 Å². The number of carbonyl (C=O) groups is 3. The minimum Gasteiger partial charge on any atom is -0.480 e. The van der Waals surface area contributed by atoms with E-state index in [0.717, 1.165) is 5.06 Å². The van der Waals surface area contributed by atoms with Crippen LogP contribution in [0.1, 0.15) is 41.5 Å². The topological polar surface area (TPSA) is 110 Å². The van der Waals surface area contributed by atoms with Gasteiger partial charge in [-0.05, 0) is 41.5 Å². The van der Waals surface area contributed by atoms with Crippen molar-refractivity contribution in [1.29, 1.82) is 0 Å². The summed E-state index contributed by atoms with van der Waals surface area (Å²) in [7, 11) is 0.